The average molecular weight is 737 g/mol. The molecule has 252 valence electrons. The second-order valence-corrected chi connectivity index (χ2v) is 16.1. The predicted octanol–water partition coefficient (Wildman–Crippen LogP) is 5.32. The Bertz CT molecular complexity index is 2010. The predicted molar refractivity (Wildman–Crippen MR) is 174 cm³/mol. The summed E-state index contributed by atoms with van der Waals surface area (Å²) in [6.07, 6.45) is 6.35. The zero-order valence-corrected chi connectivity index (χ0v) is 28.2. The molecule has 48 heavy (non-hydrogen) atoms. The molecule has 3 fully saturated rings. The molecule has 4 atom stereocenters. The highest BCUT2D eigenvalue weighted by molar-refractivity contribution is 7.87. The maximum atomic E-state index is 14.1. The Morgan fingerprint density at radius 1 is 1.08 bits per heavy atom. The lowest BCUT2D eigenvalue weighted by atomic mass is 9.88. The first-order chi connectivity index (χ1) is 23.0. The summed E-state index contributed by atoms with van der Waals surface area (Å²) in [4.78, 5) is 15.6. The number of halogens is 4. The number of benzene rings is 1. The highest BCUT2D eigenvalue weighted by Crippen LogP contribution is 2.49. The lowest BCUT2D eigenvalue weighted by molar-refractivity contribution is -0.0344. The molecule has 7 heterocycles. The van der Waals surface area contributed by atoms with Crippen LogP contribution in [0.15, 0.2) is 64.3 Å². The Hall–Kier alpha value is -3.19. The lowest BCUT2D eigenvalue weighted by Gasteiger charge is -2.42. The van der Waals surface area contributed by atoms with Gasteiger partial charge in [-0.2, -0.15) is 31.3 Å². The van der Waals surface area contributed by atoms with Gasteiger partial charge in [0.2, 0.25) is 0 Å². The fourth-order valence-corrected chi connectivity index (χ4v) is 11.0. The van der Waals surface area contributed by atoms with E-state index in [1.807, 2.05) is 4.90 Å². The van der Waals surface area contributed by atoms with E-state index >= 15 is 0 Å². The molecule has 4 aliphatic heterocycles. The molecule has 11 nitrogen and oxygen atoms in total. The first-order valence-corrected chi connectivity index (χ1v) is 18.8. The summed E-state index contributed by atoms with van der Waals surface area (Å²) >= 11 is 9.25. The Balaban J connectivity index is 1.16. The van der Waals surface area contributed by atoms with E-state index in [0.717, 1.165) is 12.3 Å². The molecule has 0 amide bonds. The highest BCUT2D eigenvalue weighted by Gasteiger charge is 2.54. The van der Waals surface area contributed by atoms with Crippen LogP contribution in [0.4, 0.5) is 13.2 Å². The average Bonchev–Trinajstić information content (AvgIpc) is 3.86. The van der Waals surface area contributed by atoms with Crippen molar-refractivity contribution in [1.29, 1.82) is 0 Å². The second-order valence-electron chi connectivity index (χ2n) is 12.3. The third-order valence-electron chi connectivity index (χ3n) is 9.35. The van der Waals surface area contributed by atoms with Gasteiger partial charge < -0.3 is 10.0 Å². The van der Waals surface area contributed by atoms with Gasteiger partial charge in [0.05, 0.1) is 5.69 Å². The molecule has 2 N–H and O–H groups in total. The van der Waals surface area contributed by atoms with Gasteiger partial charge in [-0.3, -0.25) is 4.99 Å². The van der Waals surface area contributed by atoms with Crippen molar-refractivity contribution in [3.05, 3.63) is 91.4 Å². The Morgan fingerprint density at radius 3 is 2.48 bits per heavy atom. The number of nitrogens with one attached hydrogen (secondary N) is 1. The van der Waals surface area contributed by atoms with Crippen LogP contribution in [0, 0.1) is 5.82 Å². The van der Waals surface area contributed by atoms with Crippen molar-refractivity contribution < 1.29 is 26.7 Å². The summed E-state index contributed by atoms with van der Waals surface area (Å²) in [6.45, 7) is -2.70. The molecule has 3 saturated heterocycles. The third-order valence-corrected chi connectivity index (χ3v) is 13.2. The first-order valence-electron chi connectivity index (χ1n) is 15.2. The van der Waals surface area contributed by atoms with E-state index in [2.05, 4.69) is 19.8 Å². The number of fused-ring (bicyclic) bond motifs is 3. The van der Waals surface area contributed by atoms with Crippen molar-refractivity contribution in [2.75, 3.05) is 6.54 Å². The second kappa shape index (κ2) is 12.0. The minimum Gasteiger partial charge on any atom is -0.383 e. The monoisotopic (exact) mass is 736 g/mol. The largest absolute Gasteiger partial charge is 0.383 e. The highest BCUT2D eigenvalue weighted by atomic mass is 35.5. The number of piperidine rings is 1. The van der Waals surface area contributed by atoms with E-state index in [0.29, 0.717) is 50.2 Å². The summed E-state index contributed by atoms with van der Waals surface area (Å²) in [6, 6.07) is 3.06. The van der Waals surface area contributed by atoms with Gasteiger partial charge in [-0.25, -0.2) is 19.0 Å². The molecule has 4 aromatic rings. The summed E-state index contributed by atoms with van der Waals surface area (Å²) in [7, 11) is -4.03. The maximum absolute atomic E-state index is 14.1. The van der Waals surface area contributed by atoms with Crippen molar-refractivity contribution in [2.24, 2.45) is 4.99 Å². The van der Waals surface area contributed by atoms with Crippen LogP contribution in [0.25, 0.3) is 5.57 Å². The van der Waals surface area contributed by atoms with E-state index in [9.17, 15) is 26.7 Å². The lowest BCUT2D eigenvalue weighted by Crippen LogP contribution is -2.56. The van der Waals surface area contributed by atoms with Crippen molar-refractivity contribution in [3.8, 4) is 0 Å². The van der Waals surface area contributed by atoms with Crippen LogP contribution in [0.5, 0.6) is 0 Å². The van der Waals surface area contributed by atoms with E-state index in [4.69, 9.17) is 16.6 Å². The molecular formula is C30H28ClF3N8O3S3. The molecule has 0 aliphatic carbocycles. The molecule has 0 radical (unpaired) electrons. The number of aliphatic hydroxyl groups is 1. The van der Waals surface area contributed by atoms with E-state index in [1.165, 1.54) is 45.2 Å². The van der Waals surface area contributed by atoms with Crippen LogP contribution in [-0.2, 0) is 15.8 Å². The number of aromatic nitrogens is 4. The molecule has 0 spiro atoms. The molecular weight excluding hydrogens is 709 g/mol. The number of amidine groups is 1. The van der Waals surface area contributed by atoms with Gasteiger partial charge in [0, 0.05) is 82.3 Å². The van der Waals surface area contributed by atoms with Crippen LogP contribution in [0.3, 0.4) is 0 Å². The minimum atomic E-state index is -4.03. The summed E-state index contributed by atoms with van der Waals surface area (Å²) in [5.74, 6) is -0.0933. The molecule has 2 bridgehead atoms. The van der Waals surface area contributed by atoms with Crippen molar-refractivity contribution in [1.82, 2.24) is 33.7 Å². The van der Waals surface area contributed by atoms with Crippen LogP contribution in [-0.4, -0.2) is 73.0 Å². The summed E-state index contributed by atoms with van der Waals surface area (Å²) in [5.41, 5.74) is 0.533. The number of hydrogen-bond acceptors (Lipinski definition) is 10. The summed E-state index contributed by atoms with van der Waals surface area (Å²) < 4.78 is 74.7. The Kier molecular flexibility index (Phi) is 8.01. The zero-order chi connectivity index (χ0) is 33.4. The normalized spacial score (nSPS) is 27.6. The summed E-state index contributed by atoms with van der Waals surface area (Å²) in [5, 5.41) is 20.4. The van der Waals surface area contributed by atoms with Gasteiger partial charge in [-0.1, -0.05) is 17.7 Å². The number of alkyl halides is 2. The Labute approximate surface area is 286 Å². The van der Waals surface area contributed by atoms with Gasteiger partial charge >= 0.3 is 6.55 Å². The number of thiazole rings is 2. The minimum absolute atomic E-state index is 0.0932. The van der Waals surface area contributed by atoms with E-state index in [-0.39, 0.29) is 36.5 Å². The van der Waals surface area contributed by atoms with Crippen LogP contribution in [0.2, 0.25) is 5.02 Å². The van der Waals surface area contributed by atoms with Gasteiger partial charge in [0.1, 0.15) is 22.5 Å². The fraction of sp³-hybridized carbons (Fsp3) is 0.400. The molecule has 8 rings (SSSR count). The topological polar surface area (TPSA) is 129 Å². The number of aliphatic imine (C=N–C) groups is 1. The number of hydrogen-bond donors (Lipinski definition) is 2. The van der Waals surface area contributed by atoms with Gasteiger partial charge in [0.25, 0.3) is 10.2 Å². The molecule has 3 aromatic heterocycles. The smallest absolute Gasteiger partial charge is 0.333 e. The van der Waals surface area contributed by atoms with Gasteiger partial charge in [-0.15, -0.1) is 22.7 Å². The van der Waals surface area contributed by atoms with Crippen molar-refractivity contribution in [3.63, 3.8) is 0 Å². The molecule has 18 heteroatoms. The third kappa shape index (κ3) is 5.48. The van der Waals surface area contributed by atoms with Gasteiger partial charge in [-0.05, 0) is 43.9 Å². The van der Waals surface area contributed by atoms with Crippen LogP contribution in [0.1, 0.15) is 66.0 Å². The molecule has 4 aliphatic rings. The zero-order valence-electron chi connectivity index (χ0n) is 25.0. The van der Waals surface area contributed by atoms with E-state index < -0.39 is 52.3 Å². The molecule has 2 unspecified atom stereocenters. The van der Waals surface area contributed by atoms with Gasteiger partial charge in [0.15, 0.2) is 10.8 Å². The molecule has 1 aromatic carbocycles. The Morgan fingerprint density at radius 2 is 1.83 bits per heavy atom. The van der Waals surface area contributed by atoms with E-state index in [1.54, 1.807) is 23.2 Å². The van der Waals surface area contributed by atoms with Crippen LogP contribution < -0.4 is 4.72 Å². The SMILES string of the molecule is O=S(=O)(N[C@H]1CC2=C(c3ccn(C(F)F)n3)[C@H](c3ccc(F)cc3Cl)N=C(c3nccs3)N2C1)N1C2CCC1CC(O)(c1nccs1)C2. The first kappa shape index (κ1) is 32.0. The quantitative estimate of drug-likeness (QED) is 0.251. The number of rotatable bonds is 8. The number of nitrogens with zero attached hydrogens (tertiary/aromatic N) is 7. The fourth-order valence-electron chi connectivity index (χ4n) is 7.51. The maximum Gasteiger partial charge on any atom is 0.333 e. The standard InChI is InChI=1S/C30H28ClF3N8O3S3/c31-21-11-16(32)1-4-20(21)25-24(22-5-8-41(38-22)29(33)34)23-12-17(15-40(23)26(37-25)27-35-6-9-46-27)39-48(44,45)42-18-2-3-19(42)14-30(43,13-18)28-36-7-10-47-28/h1,4-11,17-19,25,29,39,43H,2-3,12-15H2/t17-,18?,19?,25-,30?/m0/s1. The van der Waals surface area contributed by atoms with Crippen molar-refractivity contribution in [2.45, 2.75) is 68.4 Å². The van der Waals surface area contributed by atoms with Crippen LogP contribution >= 0.6 is 34.3 Å². The molecule has 0 saturated carbocycles. The van der Waals surface area contributed by atoms with Crippen molar-refractivity contribution >= 4 is 55.9 Å².